The van der Waals surface area contributed by atoms with Crippen LogP contribution < -0.4 is 5.32 Å². The van der Waals surface area contributed by atoms with Crippen LogP contribution in [-0.4, -0.2) is 30.6 Å². The lowest BCUT2D eigenvalue weighted by atomic mass is 10.2. The van der Waals surface area contributed by atoms with Crippen LogP contribution in [0.1, 0.15) is 29.4 Å². The zero-order valence-electron chi connectivity index (χ0n) is 9.99. The van der Waals surface area contributed by atoms with Crippen LogP contribution in [0.3, 0.4) is 0 Å². The van der Waals surface area contributed by atoms with Crippen molar-refractivity contribution >= 4 is 5.91 Å². The number of rotatable bonds is 5. The summed E-state index contributed by atoms with van der Waals surface area (Å²) < 4.78 is 5.02. The van der Waals surface area contributed by atoms with Gasteiger partial charge in [-0.05, 0) is 25.5 Å². The van der Waals surface area contributed by atoms with E-state index in [2.05, 4.69) is 10.3 Å². The van der Waals surface area contributed by atoms with Crippen molar-refractivity contribution in [1.82, 2.24) is 10.3 Å². The minimum Gasteiger partial charge on any atom is -0.383 e. The van der Waals surface area contributed by atoms with Crippen LogP contribution in [0.25, 0.3) is 0 Å². The molecule has 1 atom stereocenters. The van der Waals surface area contributed by atoms with E-state index < -0.39 is 0 Å². The number of nitrogens with zero attached hydrogens (tertiary/aromatic N) is 1. The van der Waals surface area contributed by atoms with E-state index >= 15 is 0 Å². The Morgan fingerprint density at radius 1 is 1.56 bits per heavy atom. The third-order valence-corrected chi connectivity index (χ3v) is 2.37. The predicted octanol–water partition coefficient (Wildman–Crippen LogP) is 1.54. The molecule has 0 saturated heterocycles. The molecule has 0 saturated carbocycles. The molecule has 0 spiro atoms. The molecule has 1 N–H and O–H groups in total. The fourth-order valence-electron chi connectivity index (χ4n) is 1.33. The highest BCUT2D eigenvalue weighted by Crippen LogP contribution is 2.01. The maximum absolute atomic E-state index is 11.8. The Bertz CT molecular complexity index is 335. The van der Waals surface area contributed by atoms with E-state index in [1.165, 1.54) is 0 Å². The molecule has 0 aromatic carbocycles. The van der Waals surface area contributed by atoms with Gasteiger partial charge in [0.25, 0.3) is 5.91 Å². The summed E-state index contributed by atoms with van der Waals surface area (Å²) in [5, 5.41) is 2.90. The predicted molar refractivity (Wildman–Crippen MR) is 62.4 cm³/mol. The molecule has 1 heterocycles. The van der Waals surface area contributed by atoms with E-state index in [0.717, 1.165) is 12.1 Å². The Labute approximate surface area is 96.0 Å². The number of hydrogen-bond acceptors (Lipinski definition) is 3. The molecule has 0 aliphatic rings. The number of carbonyl (C=O) groups is 1. The smallest absolute Gasteiger partial charge is 0.253 e. The summed E-state index contributed by atoms with van der Waals surface area (Å²) >= 11 is 0. The lowest BCUT2D eigenvalue weighted by molar-refractivity contribution is 0.0894. The van der Waals surface area contributed by atoms with Crippen molar-refractivity contribution in [2.75, 3.05) is 13.7 Å². The molecule has 4 heteroatoms. The molecule has 88 valence electrons. The van der Waals surface area contributed by atoms with Crippen molar-refractivity contribution in [1.29, 1.82) is 0 Å². The molecule has 4 nitrogen and oxygen atoms in total. The number of pyridine rings is 1. The Balaban J connectivity index is 2.60. The molecule has 1 amide bonds. The van der Waals surface area contributed by atoms with Gasteiger partial charge in [0, 0.05) is 19.0 Å². The van der Waals surface area contributed by atoms with Gasteiger partial charge in [-0.1, -0.05) is 6.92 Å². The quantitative estimate of drug-likeness (QED) is 0.822. The van der Waals surface area contributed by atoms with Gasteiger partial charge < -0.3 is 10.1 Å². The first-order valence-corrected chi connectivity index (χ1v) is 5.39. The summed E-state index contributed by atoms with van der Waals surface area (Å²) in [6.45, 7) is 4.43. The van der Waals surface area contributed by atoms with Crippen molar-refractivity contribution < 1.29 is 9.53 Å². The molecule has 0 aliphatic heterocycles. The van der Waals surface area contributed by atoms with Crippen molar-refractivity contribution in [2.24, 2.45) is 0 Å². The summed E-state index contributed by atoms with van der Waals surface area (Å²) in [7, 11) is 1.63. The highest BCUT2D eigenvalue weighted by molar-refractivity contribution is 5.94. The molecule has 0 bridgehead atoms. The molecule has 1 aromatic heterocycles. The number of hydrogen-bond donors (Lipinski definition) is 1. The van der Waals surface area contributed by atoms with Gasteiger partial charge in [-0.2, -0.15) is 0 Å². The summed E-state index contributed by atoms with van der Waals surface area (Å²) in [4.78, 5) is 15.9. The van der Waals surface area contributed by atoms with Crippen LogP contribution in [0.5, 0.6) is 0 Å². The standard InChI is InChI=1S/C12H18N2O2/c1-4-11(8-16-3)14-12(15)10-6-5-9(2)13-7-10/h5-7,11H,4,8H2,1-3H3,(H,14,15). The Hall–Kier alpha value is -1.42. The maximum atomic E-state index is 11.8. The maximum Gasteiger partial charge on any atom is 0.253 e. The average molecular weight is 222 g/mol. The van der Waals surface area contributed by atoms with Gasteiger partial charge in [0.05, 0.1) is 18.2 Å². The van der Waals surface area contributed by atoms with Crippen molar-refractivity contribution in [3.63, 3.8) is 0 Å². The minimum atomic E-state index is -0.101. The van der Waals surface area contributed by atoms with E-state index in [1.807, 2.05) is 19.9 Å². The third-order valence-electron chi connectivity index (χ3n) is 2.37. The van der Waals surface area contributed by atoms with E-state index in [-0.39, 0.29) is 11.9 Å². The average Bonchev–Trinajstić information content (AvgIpc) is 2.29. The lowest BCUT2D eigenvalue weighted by Crippen LogP contribution is -2.37. The first kappa shape index (κ1) is 12.6. The van der Waals surface area contributed by atoms with Crippen molar-refractivity contribution in [3.05, 3.63) is 29.6 Å². The zero-order chi connectivity index (χ0) is 12.0. The monoisotopic (exact) mass is 222 g/mol. The normalized spacial score (nSPS) is 12.2. The Morgan fingerprint density at radius 3 is 2.81 bits per heavy atom. The highest BCUT2D eigenvalue weighted by atomic mass is 16.5. The SMILES string of the molecule is CCC(COC)NC(=O)c1ccc(C)nc1. The van der Waals surface area contributed by atoms with Crippen LogP contribution in [0.4, 0.5) is 0 Å². The second-order valence-corrected chi connectivity index (χ2v) is 3.72. The van der Waals surface area contributed by atoms with Crippen molar-refractivity contribution in [3.8, 4) is 0 Å². The van der Waals surface area contributed by atoms with E-state index in [4.69, 9.17) is 4.74 Å². The topological polar surface area (TPSA) is 51.2 Å². The number of aromatic nitrogens is 1. The van der Waals surface area contributed by atoms with Crippen LogP contribution in [0.15, 0.2) is 18.3 Å². The fourth-order valence-corrected chi connectivity index (χ4v) is 1.33. The van der Waals surface area contributed by atoms with Crippen LogP contribution in [0.2, 0.25) is 0 Å². The molecular formula is C12H18N2O2. The van der Waals surface area contributed by atoms with E-state index in [0.29, 0.717) is 12.2 Å². The van der Waals surface area contributed by atoms with Crippen LogP contribution in [0, 0.1) is 6.92 Å². The molecule has 1 unspecified atom stereocenters. The number of carbonyl (C=O) groups excluding carboxylic acids is 1. The second kappa shape index (κ2) is 6.23. The molecule has 1 rings (SSSR count). The molecule has 0 fully saturated rings. The number of ether oxygens (including phenoxy) is 1. The molecular weight excluding hydrogens is 204 g/mol. The molecule has 1 aromatic rings. The van der Waals surface area contributed by atoms with Gasteiger partial charge in [0.1, 0.15) is 0 Å². The van der Waals surface area contributed by atoms with Gasteiger partial charge in [0.15, 0.2) is 0 Å². The fraction of sp³-hybridized carbons (Fsp3) is 0.500. The minimum absolute atomic E-state index is 0.0544. The van der Waals surface area contributed by atoms with Crippen molar-refractivity contribution in [2.45, 2.75) is 26.3 Å². The number of methoxy groups -OCH3 is 1. The van der Waals surface area contributed by atoms with Gasteiger partial charge in [-0.3, -0.25) is 9.78 Å². The molecule has 0 aliphatic carbocycles. The summed E-state index contributed by atoms with van der Waals surface area (Å²) in [6, 6.07) is 3.66. The first-order valence-electron chi connectivity index (χ1n) is 5.39. The zero-order valence-corrected chi connectivity index (χ0v) is 9.99. The van der Waals surface area contributed by atoms with E-state index in [1.54, 1.807) is 19.4 Å². The highest BCUT2D eigenvalue weighted by Gasteiger charge is 2.11. The Morgan fingerprint density at radius 2 is 2.31 bits per heavy atom. The van der Waals surface area contributed by atoms with Crippen LogP contribution >= 0.6 is 0 Å². The van der Waals surface area contributed by atoms with Gasteiger partial charge in [0.2, 0.25) is 0 Å². The number of amides is 1. The molecule has 16 heavy (non-hydrogen) atoms. The van der Waals surface area contributed by atoms with Crippen LogP contribution in [-0.2, 0) is 4.74 Å². The first-order chi connectivity index (χ1) is 7.67. The molecule has 0 radical (unpaired) electrons. The number of nitrogens with one attached hydrogen (secondary N) is 1. The summed E-state index contributed by atoms with van der Waals surface area (Å²) in [5.41, 5.74) is 1.49. The largest absolute Gasteiger partial charge is 0.383 e. The number of aryl methyl sites for hydroxylation is 1. The lowest BCUT2D eigenvalue weighted by Gasteiger charge is -2.15. The summed E-state index contributed by atoms with van der Waals surface area (Å²) in [6.07, 6.45) is 2.43. The third kappa shape index (κ3) is 3.62. The van der Waals surface area contributed by atoms with Gasteiger partial charge in [-0.15, -0.1) is 0 Å². The van der Waals surface area contributed by atoms with E-state index in [9.17, 15) is 4.79 Å². The van der Waals surface area contributed by atoms with Gasteiger partial charge in [-0.25, -0.2) is 0 Å². The Kier molecular flexibility index (Phi) is 4.92. The van der Waals surface area contributed by atoms with Gasteiger partial charge >= 0.3 is 0 Å². The summed E-state index contributed by atoms with van der Waals surface area (Å²) in [5.74, 6) is -0.101. The second-order valence-electron chi connectivity index (χ2n) is 3.72.